The molecule has 1 aromatic heterocycles. The number of aromatic nitrogens is 1. The Hall–Kier alpha value is -3.09. The summed E-state index contributed by atoms with van der Waals surface area (Å²) in [5.74, 6) is 0.493. The number of nitrogens with zero attached hydrogens (tertiary/aromatic N) is 2. The average Bonchev–Trinajstić information content (AvgIpc) is 2.81. The molecule has 0 saturated carbocycles. The summed E-state index contributed by atoms with van der Waals surface area (Å²) in [6, 6.07) is 9.74. The van der Waals surface area contributed by atoms with Gasteiger partial charge in [-0.3, -0.25) is 14.6 Å². The van der Waals surface area contributed by atoms with Crippen molar-refractivity contribution < 1.29 is 19.1 Å². The molecular formula is C20H23N3O4. The number of rotatable bonds is 6. The standard InChI is InChI=1S/C20H23N3O4/c1-3-4-11-26-14-9-10-21-15(12-14)19(24)22-16-13-27-18-8-6-5-7-17(18)23(2)20(16)25/h5-10,12,16H,3-4,11,13H2,1-2H3,(H,22,24). The Morgan fingerprint density at radius 3 is 3.00 bits per heavy atom. The molecule has 1 unspecified atom stereocenters. The molecule has 0 aliphatic carbocycles. The van der Waals surface area contributed by atoms with Crippen LogP contribution in [0, 0.1) is 0 Å². The fraction of sp³-hybridized carbons (Fsp3) is 0.350. The number of benzene rings is 1. The summed E-state index contributed by atoms with van der Waals surface area (Å²) in [5.41, 5.74) is 0.866. The lowest BCUT2D eigenvalue weighted by Gasteiger charge is -2.20. The molecule has 0 saturated heterocycles. The Morgan fingerprint density at radius 2 is 2.19 bits per heavy atom. The lowest BCUT2D eigenvalue weighted by atomic mass is 10.2. The predicted molar refractivity (Wildman–Crippen MR) is 101 cm³/mol. The van der Waals surface area contributed by atoms with Gasteiger partial charge >= 0.3 is 0 Å². The topological polar surface area (TPSA) is 80.8 Å². The molecule has 1 aromatic carbocycles. The van der Waals surface area contributed by atoms with Crippen LogP contribution in [0.15, 0.2) is 42.6 Å². The summed E-state index contributed by atoms with van der Waals surface area (Å²) in [5, 5.41) is 2.71. The fourth-order valence-electron chi connectivity index (χ4n) is 2.75. The maximum absolute atomic E-state index is 12.7. The van der Waals surface area contributed by atoms with Crippen molar-refractivity contribution in [3.8, 4) is 11.5 Å². The minimum Gasteiger partial charge on any atom is -0.493 e. The number of nitrogens with one attached hydrogen (secondary N) is 1. The van der Waals surface area contributed by atoms with Crippen LogP contribution in [0.1, 0.15) is 30.3 Å². The Morgan fingerprint density at radius 1 is 1.37 bits per heavy atom. The summed E-state index contributed by atoms with van der Waals surface area (Å²) in [6.45, 7) is 2.72. The molecule has 0 fully saturated rings. The van der Waals surface area contributed by atoms with E-state index in [-0.39, 0.29) is 18.2 Å². The Kier molecular flexibility index (Phi) is 5.90. The van der Waals surface area contributed by atoms with Gasteiger partial charge in [0, 0.05) is 19.3 Å². The number of ether oxygens (including phenoxy) is 2. The van der Waals surface area contributed by atoms with Crippen LogP contribution in [-0.2, 0) is 4.79 Å². The minimum atomic E-state index is -0.804. The number of pyridine rings is 1. The van der Waals surface area contributed by atoms with Crippen LogP contribution in [0.4, 0.5) is 5.69 Å². The smallest absolute Gasteiger partial charge is 0.270 e. The molecule has 7 heteroatoms. The monoisotopic (exact) mass is 369 g/mol. The molecule has 0 spiro atoms. The van der Waals surface area contributed by atoms with Gasteiger partial charge in [0.2, 0.25) is 0 Å². The van der Waals surface area contributed by atoms with Crippen LogP contribution in [0.5, 0.6) is 11.5 Å². The SMILES string of the molecule is CCCCOc1ccnc(C(=O)NC2COc3ccccc3N(C)C2=O)c1. The fourth-order valence-corrected chi connectivity index (χ4v) is 2.75. The second-order valence-electron chi connectivity index (χ2n) is 6.28. The van der Waals surface area contributed by atoms with E-state index in [4.69, 9.17) is 9.47 Å². The molecule has 142 valence electrons. The molecule has 0 bridgehead atoms. The van der Waals surface area contributed by atoms with Gasteiger partial charge in [-0.1, -0.05) is 25.5 Å². The van der Waals surface area contributed by atoms with E-state index in [0.29, 0.717) is 23.8 Å². The average molecular weight is 369 g/mol. The molecule has 7 nitrogen and oxygen atoms in total. The number of carbonyl (C=O) groups excluding carboxylic acids is 2. The van der Waals surface area contributed by atoms with Gasteiger partial charge < -0.3 is 19.7 Å². The van der Waals surface area contributed by atoms with Gasteiger partial charge in [0.25, 0.3) is 11.8 Å². The van der Waals surface area contributed by atoms with Crippen molar-refractivity contribution in [1.29, 1.82) is 0 Å². The molecule has 1 atom stereocenters. The zero-order chi connectivity index (χ0) is 19.2. The van der Waals surface area contributed by atoms with Gasteiger partial charge in [-0.25, -0.2) is 0 Å². The number of fused-ring (bicyclic) bond motifs is 1. The van der Waals surface area contributed by atoms with Crippen molar-refractivity contribution in [2.75, 3.05) is 25.2 Å². The molecule has 2 aromatic rings. The lowest BCUT2D eigenvalue weighted by molar-refractivity contribution is -0.120. The van der Waals surface area contributed by atoms with E-state index < -0.39 is 11.9 Å². The van der Waals surface area contributed by atoms with Crippen molar-refractivity contribution >= 4 is 17.5 Å². The van der Waals surface area contributed by atoms with Crippen molar-refractivity contribution in [3.63, 3.8) is 0 Å². The third kappa shape index (κ3) is 4.36. The van der Waals surface area contributed by atoms with E-state index in [0.717, 1.165) is 12.8 Å². The van der Waals surface area contributed by atoms with Crippen LogP contribution in [0.3, 0.4) is 0 Å². The van der Waals surface area contributed by atoms with Crippen molar-refractivity contribution in [2.24, 2.45) is 0 Å². The molecule has 1 aliphatic rings. The van der Waals surface area contributed by atoms with Crippen LogP contribution in [-0.4, -0.2) is 43.1 Å². The number of unbranched alkanes of at least 4 members (excludes halogenated alkanes) is 1. The van der Waals surface area contributed by atoms with Crippen LogP contribution in [0.25, 0.3) is 0 Å². The summed E-state index contributed by atoms with van der Waals surface area (Å²) in [6.07, 6.45) is 3.48. The maximum Gasteiger partial charge on any atom is 0.270 e. The minimum absolute atomic E-state index is 0.0542. The molecule has 0 radical (unpaired) electrons. The van der Waals surface area contributed by atoms with Crippen molar-refractivity contribution in [3.05, 3.63) is 48.3 Å². The lowest BCUT2D eigenvalue weighted by Crippen LogP contribution is -2.49. The number of carbonyl (C=O) groups is 2. The van der Waals surface area contributed by atoms with E-state index in [1.165, 1.54) is 11.1 Å². The summed E-state index contributed by atoms with van der Waals surface area (Å²) >= 11 is 0. The molecular weight excluding hydrogens is 346 g/mol. The van der Waals surface area contributed by atoms with Gasteiger partial charge in [-0.2, -0.15) is 0 Å². The van der Waals surface area contributed by atoms with Gasteiger partial charge in [0.15, 0.2) is 0 Å². The van der Waals surface area contributed by atoms with E-state index in [9.17, 15) is 9.59 Å². The quantitative estimate of drug-likeness (QED) is 0.791. The van der Waals surface area contributed by atoms with Crippen LogP contribution < -0.4 is 19.7 Å². The normalized spacial score (nSPS) is 16.1. The Labute approximate surface area is 158 Å². The summed E-state index contributed by atoms with van der Waals surface area (Å²) in [7, 11) is 1.66. The number of para-hydroxylation sites is 2. The van der Waals surface area contributed by atoms with Crippen molar-refractivity contribution in [1.82, 2.24) is 10.3 Å². The molecule has 1 N–H and O–H groups in total. The van der Waals surface area contributed by atoms with Gasteiger partial charge in [0.1, 0.15) is 29.8 Å². The Bertz CT molecular complexity index is 824. The highest BCUT2D eigenvalue weighted by molar-refractivity contribution is 6.02. The summed E-state index contributed by atoms with van der Waals surface area (Å²) in [4.78, 5) is 30.9. The zero-order valence-electron chi connectivity index (χ0n) is 15.5. The molecule has 27 heavy (non-hydrogen) atoms. The van der Waals surface area contributed by atoms with Gasteiger partial charge in [-0.05, 0) is 24.6 Å². The van der Waals surface area contributed by atoms with Crippen LogP contribution in [0.2, 0.25) is 0 Å². The molecule has 2 heterocycles. The van der Waals surface area contributed by atoms with Gasteiger partial charge in [-0.15, -0.1) is 0 Å². The van der Waals surface area contributed by atoms with Gasteiger partial charge in [0.05, 0.1) is 12.3 Å². The first-order chi connectivity index (χ1) is 13.1. The maximum atomic E-state index is 12.7. The first-order valence-corrected chi connectivity index (χ1v) is 8.99. The highest BCUT2D eigenvalue weighted by atomic mass is 16.5. The number of amides is 2. The molecule has 2 amide bonds. The van der Waals surface area contributed by atoms with E-state index in [1.54, 1.807) is 31.3 Å². The third-order valence-electron chi connectivity index (χ3n) is 4.30. The van der Waals surface area contributed by atoms with E-state index in [1.807, 2.05) is 12.1 Å². The van der Waals surface area contributed by atoms with Crippen molar-refractivity contribution in [2.45, 2.75) is 25.8 Å². The second-order valence-corrected chi connectivity index (χ2v) is 6.28. The van der Waals surface area contributed by atoms with Crippen LogP contribution >= 0.6 is 0 Å². The first kappa shape index (κ1) is 18.7. The third-order valence-corrected chi connectivity index (χ3v) is 4.30. The molecule has 1 aliphatic heterocycles. The predicted octanol–water partition coefficient (Wildman–Crippen LogP) is 2.41. The highest BCUT2D eigenvalue weighted by Gasteiger charge is 2.30. The first-order valence-electron chi connectivity index (χ1n) is 8.99. The van der Waals surface area contributed by atoms with E-state index >= 15 is 0 Å². The molecule has 3 rings (SSSR count). The number of hydrogen-bond donors (Lipinski definition) is 1. The zero-order valence-corrected chi connectivity index (χ0v) is 15.5. The number of likely N-dealkylation sites (N-methyl/N-ethyl adjacent to an activating group) is 1. The number of hydrogen-bond acceptors (Lipinski definition) is 5. The largest absolute Gasteiger partial charge is 0.493 e. The Balaban J connectivity index is 1.69. The second kappa shape index (κ2) is 8.53. The highest BCUT2D eigenvalue weighted by Crippen LogP contribution is 2.29. The van der Waals surface area contributed by atoms with E-state index in [2.05, 4.69) is 17.2 Å². The summed E-state index contributed by atoms with van der Waals surface area (Å²) < 4.78 is 11.3. The number of anilines is 1.